The SMILES string of the molecule is CC/C=C\C/C=C\C/C=C\C/C=C\C=C/C(O)C/C=C\CCC(=O)OC[C@H](CO)OC(=O)CCCCCCCCCCC. The van der Waals surface area contributed by atoms with E-state index in [1.807, 2.05) is 30.4 Å². The van der Waals surface area contributed by atoms with Crippen LogP contribution in [0, 0.1) is 0 Å². The Labute approximate surface area is 262 Å². The molecule has 0 saturated heterocycles. The van der Waals surface area contributed by atoms with Crippen LogP contribution in [0.5, 0.6) is 0 Å². The molecule has 2 N–H and O–H groups in total. The van der Waals surface area contributed by atoms with Gasteiger partial charge in [-0.05, 0) is 44.9 Å². The van der Waals surface area contributed by atoms with Crippen LogP contribution < -0.4 is 0 Å². The molecule has 0 aliphatic rings. The second-order valence-electron chi connectivity index (χ2n) is 10.7. The Balaban J connectivity index is 3.89. The Morgan fingerprint density at radius 1 is 0.674 bits per heavy atom. The average molecular weight is 601 g/mol. The highest BCUT2D eigenvalue weighted by Crippen LogP contribution is 2.11. The Hall–Kier alpha value is -2.70. The first kappa shape index (κ1) is 40.3. The van der Waals surface area contributed by atoms with Gasteiger partial charge in [-0.3, -0.25) is 9.59 Å². The van der Waals surface area contributed by atoms with Gasteiger partial charge < -0.3 is 19.7 Å². The number of carbonyl (C=O) groups excluding carboxylic acids is 2. The van der Waals surface area contributed by atoms with Crippen LogP contribution in [0.15, 0.2) is 72.9 Å². The maximum atomic E-state index is 12.0. The smallest absolute Gasteiger partial charge is 0.306 e. The number of carbonyl (C=O) groups is 2. The maximum absolute atomic E-state index is 12.0. The van der Waals surface area contributed by atoms with Crippen molar-refractivity contribution in [3.05, 3.63) is 72.9 Å². The second kappa shape index (κ2) is 32.2. The number of aliphatic hydroxyl groups excluding tert-OH is 2. The largest absolute Gasteiger partial charge is 0.462 e. The monoisotopic (exact) mass is 600 g/mol. The molecule has 1 unspecified atom stereocenters. The lowest BCUT2D eigenvalue weighted by atomic mass is 10.1. The number of rotatable bonds is 28. The standard InChI is InChI=1S/C37H60O6/c1-3-5-7-9-11-13-14-15-16-18-19-21-24-28-34(39)29-25-23-27-30-36(40)42-33-35(32-38)43-37(41)31-26-22-20-17-12-10-8-6-4-2/h5,7,11,13,15-16,19,21,23-25,28,34-35,38-39H,3-4,6,8-10,12,14,17-18,20,22,26-27,29-33H2,1-2H3/b7-5-,13-11-,16-15-,21-19-,25-23-,28-24-/t34?,35-/m0/s1. The normalized spacial score (nSPS) is 13.9. The van der Waals surface area contributed by atoms with E-state index in [0.717, 1.165) is 44.9 Å². The van der Waals surface area contributed by atoms with Crippen molar-refractivity contribution in [1.29, 1.82) is 0 Å². The van der Waals surface area contributed by atoms with Crippen molar-refractivity contribution >= 4 is 11.9 Å². The van der Waals surface area contributed by atoms with E-state index in [4.69, 9.17) is 9.47 Å². The number of allylic oxidation sites excluding steroid dienone is 10. The lowest BCUT2D eigenvalue weighted by Gasteiger charge is -2.15. The van der Waals surface area contributed by atoms with Crippen molar-refractivity contribution in [2.45, 2.75) is 135 Å². The highest BCUT2D eigenvalue weighted by molar-refractivity contribution is 5.70. The van der Waals surface area contributed by atoms with Crippen LogP contribution in [0.3, 0.4) is 0 Å². The number of unbranched alkanes of at least 4 members (excludes halogenated alkanes) is 8. The molecule has 0 spiro atoms. The summed E-state index contributed by atoms with van der Waals surface area (Å²) in [6, 6.07) is 0. The summed E-state index contributed by atoms with van der Waals surface area (Å²) in [6.07, 6.45) is 38.5. The number of hydrogen-bond donors (Lipinski definition) is 2. The van der Waals surface area contributed by atoms with Gasteiger partial charge in [0.05, 0.1) is 12.7 Å². The van der Waals surface area contributed by atoms with Crippen LogP contribution in [0.2, 0.25) is 0 Å². The molecule has 6 nitrogen and oxygen atoms in total. The molecule has 0 radical (unpaired) electrons. The van der Waals surface area contributed by atoms with Crippen molar-refractivity contribution < 1.29 is 29.3 Å². The fourth-order valence-corrected chi connectivity index (χ4v) is 4.07. The summed E-state index contributed by atoms with van der Waals surface area (Å²) in [5, 5.41) is 19.5. The van der Waals surface area contributed by atoms with Gasteiger partial charge in [-0.25, -0.2) is 0 Å². The van der Waals surface area contributed by atoms with Crippen LogP contribution in [-0.2, 0) is 19.1 Å². The van der Waals surface area contributed by atoms with Crippen molar-refractivity contribution in [1.82, 2.24) is 0 Å². The summed E-state index contributed by atoms with van der Waals surface area (Å²) in [4.78, 5) is 24.0. The molecule has 0 heterocycles. The van der Waals surface area contributed by atoms with Crippen molar-refractivity contribution in [3.63, 3.8) is 0 Å². The zero-order valence-corrected chi connectivity index (χ0v) is 27.0. The minimum atomic E-state index is -0.835. The van der Waals surface area contributed by atoms with E-state index in [0.29, 0.717) is 19.3 Å². The molecule has 244 valence electrons. The maximum Gasteiger partial charge on any atom is 0.306 e. The summed E-state index contributed by atoms with van der Waals surface area (Å²) in [6.45, 7) is 3.81. The molecule has 0 aromatic carbocycles. The van der Waals surface area contributed by atoms with Crippen LogP contribution in [0.25, 0.3) is 0 Å². The zero-order chi connectivity index (χ0) is 31.6. The minimum Gasteiger partial charge on any atom is -0.462 e. The van der Waals surface area contributed by atoms with E-state index in [2.05, 4.69) is 50.3 Å². The second-order valence-corrected chi connectivity index (χ2v) is 10.7. The zero-order valence-electron chi connectivity index (χ0n) is 27.0. The number of hydrogen-bond acceptors (Lipinski definition) is 6. The fourth-order valence-electron chi connectivity index (χ4n) is 4.07. The lowest BCUT2D eigenvalue weighted by Crippen LogP contribution is -2.28. The summed E-state index contributed by atoms with van der Waals surface area (Å²) >= 11 is 0. The van der Waals surface area contributed by atoms with Gasteiger partial charge in [0.25, 0.3) is 0 Å². The molecular formula is C37H60O6. The third-order valence-electron chi connectivity index (χ3n) is 6.61. The van der Waals surface area contributed by atoms with E-state index in [1.165, 1.54) is 38.5 Å². The molecule has 6 heteroatoms. The van der Waals surface area contributed by atoms with Gasteiger partial charge in [0.1, 0.15) is 6.61 Å². The lowest BCUT2D eigenvalue weighted by molar-refractivity contribution is -0.161. The fraction of sp³-hybridized carbons (Fsp3) is 0.622. The van der Waals surface area contributed by atoms with Gasteiger partial charge >= 0.3 is 11.9 Å². The quantitative estimate of drug-likeness (QED) is 0.0403. The molecule has 0 aromatic heterocycles. The van der Waals surface area contributed by atoms with Gasteiger partial charge in [0.2, 0.25) is 0 Å². The molecule has 0 saturated carbocycles. The van der Waals surface area contributed by atoms with E-state index >= 15 is 0 Å². The predicted octanol–water partition coefficient (Wildman–Crippen LogP) is 8.80. The van der Waals surface area contributed by atoms with Crippen LogP contribution >= 0.6 is 0 Å². The molecule has 2 atom stereocenters. The van der Waals surface area contributed by atoms with Crippen molar-refractivity contribution in [2.24, 2.45) is 0 Å². The van der Waals surface area contributed by atoms with Crippen molar-refractivity contribution in [2.75, 3.05) is 13.2 Å². The van der Waals surface area contributed by atoms with Crippen LogP contribution in [0.1, 0.15) is 123 Å². The Kier molecular flexibility index (Phi) is 30.2. The molecule has 0 rings (SSSR count). The molecule has 0 fully saturated rings. The van der Waals surface area contributed by atoms with Crippen LogP contribution in [-0.4, -0.2) is 47.6 Å². The molecule has 0 bridgehead atoms. The number of ether oxygens (including phenoxy) is 2. The van der Waals surface area contributed by atoms with Gasteiger partial charge in [-0.15, -0.1) is 0 Å². The van der Waals surface area contributed by atoms with Gasteiger partial charge in [0.15, 0.2) is 6.10 Å². The Bertz CT molecular complexity index is 836. The highest BCUT2D eigenvalue weighted by Gasteiger charge is 2.15. The molecule has 0 aromatic rings. The predicted molar refractivity (Wildman–Crippen MR) is 179 cm³/mol. The number of esters is 2. The average Bonchev–Trinajstić information content (AvgIpc) is 3.00. The van der Waals surface area contributed by atoms with Gasteiger partial charge in [-0.2, -0.15) is 0 Å². The first-order valence-electron chi connectivity index (χ1n) is 16.6. The Morgan fingerprint density at radius 3 is 1.91 bits per heavy atom. The molecular weight excluding hydrogens is 540 g/mol. The van der Waals surface area contributed by atoms with Crippen LogP contribution in [0.4, 0.5) is 0 Å². The third-order valence-corrected chi connectivity index (χ3v) is 6.61. The summed E-state index contributed by atoms with van der Waals surface area (Å²) in [5.41, 5.74) is 0. The first-order chi connectivity index (χ1) is 21.0. The summed E-state index contributed by atoms with van der Waals surface area (Å²) < 4.78 is 10.4. The molecule has 43 heavy (non-hydrogen) atoms. The Morgan fingerprint density at radius 2 is 1.28 bits per heavy atom. The molecule has 0 amide bonds. The topological polar surface area (TPSA) is 93.1 Å². The summed E-state index contributed by atoms with van der Waals surface area (Å²) in [7, 11) is 0. The highest BCUT2D eigenvalue weighted by atomic mass is 16.6. The van der Waals surface area contributed by atoms with E-state index < -0.39 is 18.2 Å². The van der Waals surface area contributed by atoms with Gasteiger partial charge in [-0.1, -0.05) is 138 Å². The minimum absolute atomic E-state index is 0.149. The van der Waals surface area contributed by atoms with Crippen molar-refractivity contribution in [3.8, 4) is 0 Å². The third kappa shape index (κ3) is 30.6. The first-order valence-corrected chi connectivity index (χ1v) is 16.6. The van der Waals surface area contributed by atoms with E-state index in [-0.39, 0.29) is 25.6 Å². The molecule has 0 aliphatic heterocycles. The summed E-state index contributed by atoms with van der Waals surface area (Å²) in [5.74, 6) is -0.784. The van der Waals surface area contributed by atoms with E-state index in [9.17, 15) is 19.8 Å². The van der Waals surface area contributed by atoms with E-state index in [1.54, 1.807) is 6.08 Å². The number of aliphatic hydroxyl groups is 2. The molecule has 0 aliphatic carbocycles. The van der Waals surface area contributed by atoms with Gasteiger partial charge in [0, 0.05) is 12.8 Å².